The predicted octanol–water partition coefficient (Wildman–Crippen LogP) is 2.37. The summed E-state index contributed by atoms with van der Waals surface area (Å²) in [6.07, 6.45) is 4.21. The second kappa shape index (κ2) is 6.38. The Morgan fingerprint density at radius 2 is 2.50 bits per heavy atom. The van der Waals surface area contributed by atoms with Gasteiger partial charge in [0.25, 0.3) is 0 Å². The van der Waals surface area contributed by atoms with Gasteiger partial charge in [0.2, 0.25) is 5.91 Å². The molecule has 1 aromatic heterocycles. The van der Waals surface area contributed by atoms with Crippen LogP contribution in [0.25, 0.3) is 0 Å². The van der Waals surface area contributed by atoms with E-state index in [9.17, 15) is 4.79 Å². The van der Waals surface area contributed by atoms with Gasteiger partial charge in [0.15, 0.2) is 0 Å². The Morgan fingerprint density at radius 3 is 3.14 bits per heavy atom. The van der Waals surface area contributed by atoms with Crippen LogP contribution in [0.1, 0.15) is 17.7 Å². The Labute approximate surface area is 88.6 Å². The van der Waals surface area contributed by atoms with Crippen molar-refractivity contribution in [3.05, 3.63) is 35.0 Å². The van der Waals surface area contributed by atoms with Crippen molar-refractivity contribution in [1.82, 2.24) is 5.32 Å². The Hall–Kier alpha value is -1.09. The lowest BCUT2D eigenvalue weighted by Crippen LogP contribution is -2.22. The molecule has 0 unspecified atom stereocenters. The number of amides is 1. The Kier molecular flexibility index (Phi) is 5.00. The molecule has 0 aliphatic carbocycles. The molecule has 0 spiro atoms. The Morgan fingerprint density at radius 1 is 1.64 bits per heavy atom. The van der Waals surface area contributed by atoms with Crippen LogP contribution < -0.4 is 5.32 Å². The molecule has 2 nitrogen and oxygen atoms in total. The molecule has 1 aromatic rings. The van der Waals surface area contributed by atoms with Gasteiger partial charge in [-0.2, -0.15) is 0 Å². The molecule has 0 saturated carbocycles. The third-order valence-corrected chi connectivity index (χ3v) is 2.79. The maximum absolute atomic E-state index is 11.2. The van der Waals surface area contributed by atoms with Crippen LogP contribution in [0, 0.1) is 0 Å². The van der Waals surface area contributed by atoms with Crippen LogP contribution in [0.4, 0.5) is 0 Å². The van der Waals surface area contributed by atoms with E-state index in [1.165, 1.54) is 4.88 Å². The average molecular weight is 209 g/mol. The summed E-state index contributed by atoms with van der Waals surface area (Å²) in [5.74, 6) is 0.112. The SMILES string of the molecule is C=CCNC(=O)CCCc1cccs1. The van der Waals surface area contributed by atoms with Crippen LogP contribution in [-0.4, -0.2) is 12.5 Å². The summed E-state index contributed by atoms with van der Waals surface area (Å²) in [6, 6.07) is 4.14. The molecule has 1 heterocycles. The third kappa shape index (κ3) is 4.23. The molecule has 3 heteroatoms. The minimum absolute atomic E-state index is 0.112. The van der Waals surface area contributed by atoms with Gasteiger partial charge in [-0.25, -0.2) is 0 Å². The van der Waals surface area contributed by atoms with Crippen molar-refractivity contribution in [3.63, 3.8) is 0 Å². The lowest BCUT2D eigenvalue weighted by molar-refractivity contribution is -0.120. The van der Waals surface area contributed by atoms with Crippen molar-refractivity contribution in [2.45, 2.75) is 19.3 Å². The quantitative estimate of drug-likeness (QED) is 0.716. The molecular weight excluding hydrogens is 194 g/mol. The van der Waals surface area contributed by atoms with Crippen LogP contribution in [0.2, 0.25) is 0 Å². The van der Waals surface area contributed by atoms with Gasteiger partial charge in [-0.1, -0.05) is 12.1 Å². The van der Waals surface area contributed by atoms with E-state index in [0.29, 0.717) is 13.0 Å². The Bertz CT molecular complexity index is 279. The van der Waals surface area contributed by atoms with E-state index in [2.05, 4.69) is 23.3 Å². The summed E-state index contributed by atoms with van der Waals surface area (Å²) in [6.45, 7) is 4.11. The second-order valence-corrected chi connectivity index (χ2v) is 4.06. The van der Waals surface area contributed by atoms with Crippen LogP contribution in [0.15, 0.2) is 30.2 Å². The highest BCUT2D eigenvalue weighted by atomic mass is 32.1. The maximum atomic E-state index is 11.2. The standard InChI is InChI=1S/C11H15NOS/c1-2-8-12-11(13)7-3-5-10-6-4-9-14-10/h2,4,6,9H,1,3,5,7-8H2,(H,12,13). The molecule has 0 bridgehead atoms. The van der Waals surface area contributed by atoms with Gasteiger partial charge in [0.1, 0.15) is 0 Å². The van der Waals surface area contributed by atoms with Crippen molar-refractivity contribution in [1.29, 1.82) is 0 Å². The molecule has 14 heavy (non-hydrogen) atoms. The van der Waals surface area contributed by atoms with Gasteiger partial charge >= 0.3 is 0 Å². The van der Waals surface area contributed by atoms with Gasteiger partial charge in [-0.05, 0) is 24.3 Å². The van der Waals surface area contributed by atoms with E-state index < -0.39 is 0 Å². The highest BCUT2D eigenvalue weighted by molar-refractivity contribution is 7.09. The number of thiophene rings is 1. The molecule has 0 aliphatic heterocycles. The zero-order chi connectivity index (χ0) is 10.2. The number of aryl methyl sites for hydroxylation is 1. The number of carbonyl (C=O) groups is 1. The van der Waals surface area contributed by atoms with E-state index in [1.807, 2.05) is 6.07 Å². The molecule has 76 valence electrons. The first-order chi connectivity index (χ1) is 6.83. The maximum Gasteiger partial charge on any atom is 0.220 e. The fourth-order valence-electron chi connectivity index (χ4n) is 1.15. The monoisotopic (exact) mass is 209 g/mol. The average Bonchev–Trinajstić information content (AvgIpc) is 2.67. The zero-order valence-electron chi connectivity index (χ0n) is 8.16. The van der Waals surface area contributed by atoms with E-state index in [0.717, 1.165) is 12.8 Å². The van der Waals surface area contributed by atoms with Gasteiger partial charge in [0.05, 0.1) is 0 Å². The molecule has 1 N–H and O–H groups in total. The molecule has 1 amide bonds. The molecule has 0 aliphatic rings. The minimum atomic E-state index is 0.112. The second-order valence-electron chi connectivity index (χ2n) is 3.03. The smallest absolute Gasteiger partial charge is 0.220 e. The van der Waals surface area contributed by atoms with Gasteiger partial charge < -0.3 is 5.32 Å². The summed E-state index contributed by atoms with van der Waals surface area (Å²) in [4.78, 5) is 12.5. The minimum Gasteiger partial charge on any atom is -0.353 e. The van der Waals surface area contributed by atoms with Crippen LogP contribution in [-0.2, 0) is 11.2 Å². The first kappa shape index (κ1) is 11.0. The molecular formula is C11H15NOS. The lowest BCUT2D eigenvalue weighted by atomic mass is 10.2. The summed E-state index contributed by atoms with van der Waals surface area (Å²) in [7, 11) is 0. The molecule has 0 saturated heterocycles. The summed E-state index contributed by atoms with van der Waals surface area (Å²) < 4.78 is 0. The predicted molar refractivity (Wildman–Crippen MR) is 60.5 cm³/mol. The van der Waals surface area contributed by atoms with Crippen LogP contribution >= 0.6 is 11.3 Å². The van der Waals surface area contributed by atoms with Crippen molar-refractivity contribution < 1.29 is 4.79 Å². The topological polar surface area (TPSA) is 29.1 Å². The molecule has 0 radical (unpaired) electrons. The van der Waals surface area contributed by atoms with E-state index in [-0.39, 0.29) is 5.91 Å². The first-order valence-corrected chi connectivity index (χ1v) is 5.61. The summed E-state index contributed by atoms with van der Waals surface area (Å²) in [5, 5.41) is 4.82. The zero-order valence-corrected chi connectivity index (χ0v) is 8.98. The van der Waals surface area contributed by atoms with Gasteiger partial charge in [0, 0.05) is 17.8 Å². The van der Waals surface area contributed by atoms with E-state index in [4.69, 9.17) is 0 Å². The van der Waals surface area contributed by atoms with Crippen molar-refractivity contribution in [3.8, 4) is 0 Å². The first-order valence-electron chi connectivity index (χ1n) is 4.73. The number of carbonyl (C=O) groups excluding carboxylic acids is 1. The fraction of sp³-hybridized carbons (Fsp3) is 0.364. The van der Waals surface area contributed by atoms with Gasteiger partial charge in [-0.15, -0.1) is 17.9 Å². The number of hydrogen-bond acceptors (Lipinski definition) is 2. The van der Waals surface area contributed by atoms with E-state index in [1.54, 1.807) is 17.4 Å². The largest absolute Gasteiger partial charge is 0.353 e. The molecule has 0 atom stereocenters. The summed E-state index contributed by atoms with van der Waals surface area (Å²) >= 11 is 1.74. The Balaban J connectivity index is 2.09. The number of hydrogen-bond donors (Lipinski definition) is 1. The molecule has 0 fully saturated rings. The normalized spacial score (nSPS) is 9.71. The van der Waals surface area contributed by atoms with Gasteiger partial charge in [-0.3, -0.25) is 4.79 Å². The van der Waals surface area contributed by atoms with Crippen molar-refractivity contribution >= 4 is 17.2 Å². The molecule has 0 aromatic carbocycles. The number of nitrogens with one attached hydrogen (secondary N) is 1. The summed E-state index contributed by atoms with van der Waals surface area (Å²) in [5.41, 5.74) is 0. The number of rotatable bonds is 6. The van der Waals surface area contributed by atoms with Crippen molar-refractivity contribution in [2.75, 3.05) is 6.54 Å². The van der Waals surface area contributed by atoms with Crippen molar-refractivity contribution in [2.24, 2.45) is 0 Å². The molecule has 1 rings (SSSR count). The fourth-order valence-corrected chi connectivity index (χ4v) is 1.90. The lowest BCUT2D eigenvalue weighted by Gasteiger charge is -2.00. The van der Waals surface area contributed by atoms with Crippen LogP contribution in [0.3, 0.4) is 0 Å². The van der Waals surface area contributed by atoms with E-state index >= 15 is 0 Å². The third-order valence-electron chi connectivity index (χ3n) is 1.85. The highest BCUT2D eigenvalue weighted by Crippen LogP contribution is 2.11. The highest BCUT2D eigenvalue weighted by Gasteiger charge is 2.00. The van der Waals surface area contributed by atoms with Crippen LogP contribution in [0.5, 0.6) is 0 Å².